The molecule has 0 amide bonds. The summed E-state index contributed by atoms with van der Waals surface area (Å²) in [6, 6.07) is 6.43. The van der Waals surface area contributed by atoms with Crippen molar-refractivity contribution in [3.63, 3.8) is 0 Å². The fourth-order valence-electron chi connectivity index (χ4n) is 2.86. The minimum absolute atomic E-state index is 0.393. The molecule has 2 aromatic heterocycles. The molecule has 2 N–H and O–H groups in total. The molecule has 3 rings (SSSR count). The molecule has 8 nitrogen and oxygen atoms in total. The maximum atomic E-state index is 4.98. The summed E-state index contributed by atoms with van der Waals surface area (Å²) in [6.07, 6.45) is 3.93. The van der Waals surface area contributed by atoms with E-state index in [1.54, 1.807) is 6.92 Å². The van der Waals surface area contributed by atoms with Crippen LogP contribution in [0.4, 0.5) is 5.82 Å². The monoisotopic (exact) mass is 343 g/mol. The Balaban J connectivity index is 1.52. The number of aromatic nitrogens is 3. The highest BCUT2D eigenvalue weighted by atomic mass is 16.5. The number of nitrogens with one attached hydrogen (secondary N) is 2. The van der Waals surface area contributed by atoms with Gasteiger partial charge < -0.3 is 20.1 Å². The average Bonchev–Trinajstić information content (AvgIpc) is 3.07. The van der Waals surface area contributed by atoms with E-state index in [0.29, 0.717) is 24.3 Å². The molecule has 0 aromatic carbocycles. The zero-order chi connectivity index (χ0) is 17.5. The molecule has 0 spiro atoms. The van der Waals surface area contributed by atoms with Crippen LogP contribution < -0.4 is 15.5 Å². The third kappa shape index (κ3) is 4.91. The molecule has 8 heteroatoms. The molecule has 1 fully saturated rings. The van der Waals surface area contributed by atoms with Gasteiger partial charge in [-0.25, -0.2) is 9.98 Å². The van der Waals surface area contributed by atoms with E-state index in [0.717, 1.165) is 44.3 Å². The Bertz CT molecular complexity index is 677. The highest BCUT2D eigenvalue weighted by Gasteiger charge is 2.20. The molecule has 0 radical (unpaired) electrons. The first-order valence-corrected chi connectivity index (χ1v) is 8.74. The predicted molar refractivity (Wildman–Crippen MR) is 96.5 cm³/mol. The third-order valence-corrected chi connectivity index (χ3v) is 4.10. The van der Waals surface area contributed by atoms with Crippen LogP contribution in [0, 0.1) is 6.92 Å². The van der Waals surface area contributed by atoms with Crippen molar-refractivity contribution in [2.24, 2.45) is 4.99 Å². The lowest BCUT2D eigenvalue weighted by Gasteiger charge is -2.33. The summed E-state index contributed by atoms with van der Waals surface area (Å²) < 4.78 is 4.98. The first-order chi connectivity index (χ1) is 12.2. The number of pyridine rings is 1. The van der Waals surface area contributed by atoms with Gasteiger partial charge in [-0.1, -0.05) is 11.2 Å². The molecule has 0 unspecified atom stereocenters. The number of piperidine rings is 1. The van der Waals surface area contributed by atoms with E-state index in [9.17, 15) is 0 Å². The number of guanidine groups is 1. The SMILES string of the molecule is CCNC(=NCc1noc(C)n1)NC1CCN(c2ccccn2)CC1. The lowest BCUT2D eigenvalue weighted by Crippen LogP contribution is -2.48. The van der Waals surface area contributed by atoms with Crippen LogP contribution in [0.2, 0.25) is 0 Å². The molecule has 25 heavy (non-hydrogen) atoms. The van der Waals surface area contributed by atoms with Gasteiger partial charge in [0.05, 0.1) is 0 Å². The van der Waals surface area contributed by atoms with Crippen LogP contribution >= 0.6 is 0 Å². The summed E-state index contributed by atoms with van der Waals surface area (Å²) >= 11 is 0. The lowest BCUT2D eigenvalue weighted by molar-refractivity contribution is 0.387. The van der Waals surface area contributed by atoms with E-state index in [1.807, 2.05) is 18.3 Å². The first-order valence-electron chi connectivity index (χ1n) is 8.74. The Morgan fingerprint density at radius 1 is 1.36 bits per heavy atom. The molecule has 0 atom stereocenters. The van der Waals surface area contributed by atoms with Gasteiger partial charge in [-0.3, -0.25) is 0 Å². The highest BCUT2D eigenvalue weighted by molar-refractivity contribution is 5.80. The van der Waals surface area contributed by atoms with Gasteiger partial charge in [-0.05, 0) is 31.9 Å². The molecule has 0 saturated carbocycles. The summed E-state index contributed by atoms with van der Waals surface area (Å²) in [5.74, 6) is 3.00. The number of hydrogen-bond acceptors (Lipinski definition) is 6. The van der Waals surface area contributed by atoms with Crippen LogP contribution in [0.3, 0.4) is 0 Å². The minimum atomic E-state index is 0.393. The summed E-state index contributed by atoms with van der Waals surface area (Å²) in [7, 11) is 0. The van der Waals surface area contributed by atoms with E-state index < -0.39 is 0 Å². The molecule has 1 aliphatic heterocycles. The zero-order valence-corrected chi connectivity index (χ0v) is 14.8. The highest BCUT2D eigenvalue weighted by Crippen LogP contribution is 2.17. The van der Waals surface area contributed by atoms with Gasteiger partial charge in [0, 0.05) is 38.8 Å². The molecular formula is C17H25N7O. The van der Waals surface area contributed by atoms with E-state index >= 15 is 0 Å². The number of hydrogen-bond donors (Lipinski definition) is 2. The van der Waals surface area contributed by atoms with Crippen LogP contribution in [0.25, 0.3) is 0 Å². The van der Waals surface area contributed by atoms with Gasteiger partial charge in [0.1, 0.15) is 12.4 Å². The predicted octanol–water partition coefficient (Wildman–Crippen LogP) is 1.50. The summed E-state index contributed by atoms with van der Waals surface area (Å²) in [5, 5.41) is 10.7. The van der Waals surface area contributed by atoms with Crippen molar-refractivity contribution in [1.82, 2.24) is 25.8 Å². The summed E-state index contributed by atoms with van der Waals surface area (Å²) in [6.45, 7) is 7.01. The van der Waals surface area contributed by atoms with Crippen molar-refractivity contribution in [2.45, 2.75) is 39.3 Å². The van der Waals surface area contributed by atoms with Crippen molar-refractivity contribution in [2.75, 3.05) is 24.5 Å². The third-order valence-electron chi connectivity index (χ3n) is 4.10. The fraction of sp³-hybridized carbons (Fsp3) is 0.529. The van der Waals surface area contributed by atoms with Crippen molar-refractivity contribution in [1.29, 1.82) is 0 Å². The quantitative estimate of drug-likeness (QED) is 0.628. The van der Waals surface area contributed by atoms with E-state index in [4.69, 9.17) is 4.52 Å². The molecule has 0 aliphatic carbocycles. The summed E-state index contributed by atoms with van der Waals surface area (Å²) in [5.41, 5.74) is 0. The second-order valence-corrected chi connectivity index (χ2v) is 6.02. The van der Waals surface area contributed by atoms with Gasteiger partial charge in [-0.2, -0.15) is 4.98 Å². The van der Waals surface area contributed by atoms with Crippen LogP contribution in [-0.4, -0.2) is 46.8 Å². The Kier molecular flexibility index (Phi) is 5.81. The Morgan fingerprint density at radius 2 is 2.20 bits per heavy atom. The number of aliphatic imine (C=N–C) groups is 1. The topological polar surface area (TPSA) is 91.5 Å². The van der Waals surface area contributed by atoms with Crippen LogP contribution in [0.5, 0.6) is 0 Å². The van der Waals surface area contributed by atoms with Crippen molar-refractivity contribution in [3.8, 4) is 0 Å². The van der Waals surface area contributed by atoms with Crippen LogP contribution in [-0.2, 0) is 6.54 Å². The number of aryl methyl sites for hydroxylation is 1. The largest absolute Gasteiger partial charge is 0.357 e. The van der Waals surface area contributed by atoms with Crippen molar-refractivity contribution >= 4 is 11.8 Å². The maximum absolute atomic E-state index is 4.98. The number of anilines is 1. The molecule has 1 aliphatic rings. The van der Waals surface area contributed by atoms with E-state index in [1.165, 1.54) is 0 Å². The molecule has 3 heterocycles. The van der Waals surface area contributed by atoms with Crippen molar-refractivity contribution < 1.29 is 4.52 Å². The summed E-state index contributed by atoms with van der Waals surface area (Å²) in [4.78, 5) is 15.5. The van der Waals surface area contributed by atoms with Gasteiger partial charge >= 0.3 is 0 Å². The molecule has 134 valence electrons. The van der Waals surface area contributed by atoms with Gasteiger partial charge in [-0.15, -0.1) is 0 Å². The van der Waals surface area contributed by atoms with Crippen LogP contribution in [0.1, 0.15) is 31.5 Å². The molecule has 0 bridgehead atoms. The minimum Gasteiger partial charge on any atom is -0.357 e. The normalized spacial score (nSPS) is 16.1. The lowest BCUT2D eigenvalue weighted by atomic mass is 10.1. The fourth-order valence-corrected chi connectivity index (χ4v) is 2.86. The average molecular weight is 343 g/mol. The van der Waals surface area contributed by atoms with Gasteiger partial charge in [0.2, 0.25) is 5.89 Å². The van der Waals surface area contributed by atoms with Crippen LogP contribution in [0.15, 0.2) is 33.9 Å². The molecule has 2 aromatic rings. The Labute approximate surface area is 147 Å². The second-order valence-electron chi connectivity index (χ2n) is 6.02. The Hall–Kier alpha value is -2.64. The maximum Gasteiger partial charge on any atom is 0.223 e. The Morgan fingerprint density at radius 3 is 2.84 bits per heavy atom. The second kappa shape index (κ2) is 8.46. The smallest absolute Gasteiger partial charge is 0.223 e. The molecular weight excluding hydrogens is 318 g/mol. The number of nitrogens with zero attached hydrogens (tertiary/aromatic N) is 5. The van der Waals surface area contributed by atoms with Gasteiger partial charge in [0.25, 0.3) is 0 Å². The number of rotatable bonds is 5. The van der Waals surface area contributed by atoms with Crippen molar-refractivity contribution in [3.05, 3.63) is 36.1 Å². The van der Waals surface area contributed by atoms with E-state index in [2.05, 4.69) is 48.6 Å². The van der Waals surface area contributed by atoms with E-state index in [-0.39, 0.29) is 0 Å². The standard InChI is InChI=1S/C17H25N7O/c1-3-18-17(20-12-15-21-13(2)25-23-15)22-14-7-10-24(11-8-14)16-6-4-5-9-19-16/h4-6,9,14H,3,7-8,10-12H2,1-2H3,(H2,18,20,22). The molecule has 1 saturated heterocycles. The zero-order valence-electron chi connectivity index (χ0n) is 14.8. The van der Waals surface area contributed by atoms with Gasteiger partial charge in [0.15, 0.2) is 11.8 Å². The first kappa shape index (κ1) is 17.2.